The van der Waals surface area contributed by atoms with Crippen molar-refractivity contribution in [3.63, 3.8) is 0 Å². The summed E-state index contributed by atoms with van der Waals surface area (Å²) in [6.45, 7) is 0.832. The van der Waals surface area contributed by atoms with Crippen LogP contribution in [0.4, 0.5) is 10.1 Å². The first-order chi connectivity index (χ1) is 8.18. The molecule has 1 aromatic rings. The summed E-state index contributed by atoms with van der Waals surface area (Å²) in [4.78, 5) is 10.5. The van der Waals surface area contributed by atoms with Gasteiger partial charge < -0.3 is 5.32 Å². The molecule has 92 valence electrons. The van der Waals surface area contributed by atoms with Crippen LogP contribution in [0.1, 0.15) is 37.3 Å². The van der Waals surface area contributed by atoms with Gasteiger partial charge in [-0.1, -0.05) is 12.8 Å². The van der Waals surface area contributed by atoms with Gasteiger partial charge in [-0.3, -0.25) is 10.1 Å². The van der Waals surface area contributed by atoms with Gasteiger partial charge in [0.1, 0.15) is 5.82 Å². The standard InChI is InChI=1S/C12H15FN2O2/c13-9-5-6-12(15(16)17)10(8-9)11-4-2-1-3-7-14-11/h5-6,8,11,14H,1-4,7H2. The van der Waals surface area contributed by atoms with Gasteiger partial charge in [0.05, 0.1) is 4.92 Å². The van der Waals surface area contributed by atoms with Gasteiger partial charge in [0.25, 0.3) is 5.69 Å². The molecule has 1 aliphatic rings. The second-order valence-electron chi connectivity index (χ2n) is 4.32. The van der Waals surface area contributed by atoms with Crippen molar-refractivity contribution in [2.24, 2.45) is 0 Å². The minimum atomic E-state index is -0.443. The Morgan fingerprint density at radius 3 is 2.94 bits per heavy atom. The smallest absolute Gasteiger partial charge is 0.274 e. The summed E-state index contributed by atoms with van der Waals surface area (Å²) in [7, 11) is 0. The number of nitro groups is 1. The highest BCUT2D eigenvalue weighted by molar-refractivity contribution is 5.42. The molecule has 1 saturated heterocycles. The Morgan fingerprint density at radius 1 is 1.35 bits per heavy atom. The Labute approximate surface area is 99.0 Å². The van der Waals surface area contributed by atoms with E-state index < -0.39 is 10.7 Å². The average molecular weight is 238 g/mol. The first-order valence-electron chi connectivity index (χ1n) is 5.85. The molecule has 0 spiro atoms. The average Bonchev–Trinajstić information content (AvgIpc) is 2.56. The SMILES string of the molecule is O=[N+]([O-])c1ccc(F)cc1C1CCCCCN1. The van der Waals surface area contributed by atoms with Crippen LogP contribution >= 0.6 is 0 Å². The van der Waals surface area contributed by atoms with Gasteiger partial charge in [-0.2, -0.15) is 0 Å². The molecule has 1 aliphatic heterocycles. The molecule has 1 heterocycles. The van der Waals surface area contributed by atoms with E-state index in [0.29, 0.717) is 5.56 Å². The molecule has 5 heteroatoms. The third-order valence-corrected chi connectivity index (χ3v) is 3.12. The van der Waals surface area contributed by atoms with Crippen LogP contribution in [0.3, 0.4) is 0 Å². The van der Waals surface area contributed by atoms with E-state index in [0.717, 1.165) is 38.3 Å². The number of nitrogens with zero attached hydrogens (tertiary/aromatic N) is 1. The summed E-state index contributed by atoms with van der Waals surface area (Å²) in [6, 6.07) is 3.56. The van der Waals surface area contributed by atoms with Crippen LogP contribution in [0.15, 0.2) is 18.2 Å². The van der Waals surface area contributed by atoms with E-state index in [-0.39, 0.29) is 11.7 Å². The lowest BCUT2D eigenvalue weighted by atomic mass is 10.0. The molecule has 1 atom stereocenters. The highest BCUT2D eigenvalue weighted by atomic mass is 19.1. The lowest BCUT2D eigenvalue weighted by Gasteiger charge is -2.16. The van der Waals surface area contributed by atoms with Gasteiger partial charge in [0, 0.05) is 17.7 Å². The Bertz CT molecular complexity index is 415. The number of nitrogens with one attached hydrogen (secondary N) is 1. The summed E-state index contributed by atoms with van der Waals surface area (Å²) in [6.07, 6.45) is 4.03. The van der Waals surface area contributed by atoms with Crippen LogP contribution in [0.25, 0.3) is 0 Å². The van der Waals surface area contributed by atoms with E-state index >= 15 is 0 Å². The monoisotopic (exact) mass is 238 g/mol. The number of halogens is 1. The number of benzene rings is 1. The van der Waals surface area contributed by atoms with E-state index in [1.807, 2.05) is 0 Å². The van der Waals surface area contributed by atoms with E-state index in [1.54, 1.807) is 0 Å². The Balaban J connectivity index is 2.34. The molecule has 0 aromatic heterocycles. The van der Waals surface area contributed by atoms with Gasteiger partial charge in [0.15, 0.2) is 0 Å². The molecule has 1 aromatic carbocycles. The zero-order valence-electron chi connectivity index (χ0n) is 9.49. The van der Waals surface area contributed by atoms with Crippen LogP contribution in [-0.4, -0.2) is 11.5 Å². The highest BCUT2D eigenvalue weighted by Crippen LogP contribution is 2.30. The van der Waals surface area contributed by atoms with Crippen LogP contribution < -0.4 is 5.32 Å². The van der Waals surface area contributed by atoms with Gasteiger partial charge in [0.2, 0.25) is 0 Å². The molecular formula is C12H15FN2O2. The molecule has 2 rings (SSSR count). The number of rotatable bonds is 2. The normalized spacial score (nSPS) is 20.9. The van der Waals surface area contributed by atoms with Crippen LogP contribution in [0, 0.1) is 15.9 Å². The molecule has 17 heavy (non-hydrogen) atoms. The second-order valence-corrected chi connectivity index (χ2v) is 4.32. The summed E-state index contributed by atoms with van der Waals surface area (Å²) in [5.41, 5.74) is 0.475. The fraction of sp³-hybridized carbons (Fsp3) is 0.500. The predicted molar refractivity (Wildman–Crippen MR) is 62.3 cm³/mol. The quantitative estimate of drug-likeness (QED) is 0.636. The largest absolute Gasteiger partial charge is 0.310 e. The van der Waals surface area contributed by atoms with Crippen molar-refractivity contribution in [3.8, 4) is 0 Å². The first kappa shape index (κ1) is 12.0. The van der Waals surface area contributed by atoms with Crippen molar-refractivity contribution in [2.75, 3.05) is 6.54 Å². The second kappa shape index (κ2) is 5.23. The van der Waals surface area contributed by atoms with Crippen molar-refractivity contribution in [1.82, 2.24) is 5.32 Å². The van der Waals surface area contributed by atoms with E-state index in [2.05, 4.69) is 5.32 Å². The van der Waals surface area contributed by atoms with Gasteiger partial charge in [-0.25, -0.2) is 4.39 Å². The maximum absolute atomic E-state index is 13.2. The molecule has 0 bridgehead atoms. The summed E-state index contributed by atoms with van der Waals surface area (Å²) in [5, 5.41) is 14.2. The van der Waals surface area contributed by atoms with Crippen LogP contribution in [-0.2, 0) is 0 Å². The third kappa shape index (κ3) is 2.79. The van der Waals surface area contributed by atoms with Crippen LogP contribution in [0.2, 0.25) is 0 Å². The van der Waals surface area contributed by atoms with E-state index in [9.17, 15) is 14.5 Å². The number of nitro benzene ring substituents is 1. The van der Waals surface area contributed by atoms with Gasteiger partial charge >= 0.3 is 0 Å². The minimum absolute atomic E-state index is 0.00537. The fourth-order valence-electron chi connectivity index (χ4n) is 2.26. The van der Waals surface area contributed by atoms with Gasteiger partial charge in [-0.05, 0) is 31.5 Å². The molecule has 1 fully saturated rings. The highest BCUT2D eigenvalue weighted by Gasteiger charge is 2.23. The fourth-order valence-corrected chi connectivity index (χ4v) is 2.26. The molecule has 0 radical (unpaired) electrons. The van der Waals surface area contributed by atoms with Gasteiger partial charge in [-0.15, -0.1) is 0 Å². The lowest BCUT2D eigenvalue weighted by Crippen LogP contribution is -2.21. The van der Waals surface area contributed by atoms with Crippen molar-refractivity contribution >= 4 is 5.69 Å². The molecular weight excluding hydrogens is 223 g/mol. The van der Waals surface area contributed by atoms with E-state index in [4.69, 9.17) is 0 Å². The van der Waals surface area contributed by atoms with Crippen molar-refractivity contribution in [2.45, 2.75) is 31.7 Å². The summed E-state index contributed by atoms with van der Waals surface area (Å²) >= 11 is 0. The topological polar surface area (TPSA) is 55.2 Å². The molecule has 4 nitrogen and oxygen atoms in total. The van der Waals surface area contributed by atoms with Crippen molar-refractivity contribution in [1.29, 1.82) is 0 Å². The maximum atomic E-state index is 13.2. The zero-order chi connectivity index (χ0) is 12.3. The number of hydrogen-bond acceptors (Lipinski definition) is 3. The summed E-state index contributed by atoms with van der Waals surface area (Å²) in [5.74, 6) is -0.420. The lowest BCUT2D eigenvalue weighted by molar-refractivity contribution is -0.385. The third-order valence-electron chi connectivity index (χ3n) is 3.12. The molecule has 1 N–H and O–H groups in total. The Morgan fingerprint density at radius 2 is 2.18 bits per heavy atom. The Hall–Kier alpha value is -1.49. The zero-order valence-corrected chi connectivity index (χ0v) is 9.49. The minimum Gasteiger partial charge on any atom is -0.310 e. The van der Waals surface area contributed by atoms with Crippen LogP contribution in [0.5, 0.6) is 0 Å². The first-order valence-corrected chi connectivity index (χ1v) is 5.85. The molecule has 0 saturated carbocycles. The maximum Gasteiger partial charge on any atom is 0.274 e. The van der Waals surface area contributed by atoms with E-state index in [1.165, 1.54) is 12.1 Å². The Kier molecular flexibility index (Phi) is 3.68. The van der Waals surface area contributed by atoms with Crippen molar-refractivity contribution < 1.29 is 9.31 Å². The summed E-state index contributed by atoms with van der Waals surface area (Å²) < 4.78 is 13.2. The number of hydrogen-bond donors (Lipinski definition) is 1. The molecule has 1 unspecified atom stereocenters. The molecule has 0 amide bonds. The van der Waals surface area contributed by atoms with Crippen molar-refractivity contribution in [3.05, 3.63) is 39.7 Å². The predicted octanol–water partition coefficient (Wildman–Crippen LogP) is 2.94. The molecule has 0 aliphatic carbocycles.